The average Bonchev–Trinajstić information content (AvgIpc) is 3.07. The zero-order chi connectivity index (χ0) is 23.8. The van der Waals surface area contributed by atoms with E-state index in [0.29, 0.717) is 38.0 Å². The number of rotatable bonds is 7. The van der Waals surface area contributed by atoms with E-state index < -0.39 is 12.8 Å². The van der Waals surface area contributed by atoms with Crippen LogP contribution in [0.3, 0.4) is 0 Å². The van der Waals surface area contributed by atoms with Crippen LogP contribution in [-0.4, -0.2) is 56.9 Å². The third-order valence-corrected chi connectivity index (χ3v) is 5.46. The number of carbonyl (C=O) groups is 1. The van der Waals surface area contributed by atoms with Crippen molar-refractivity contribution in [3.8, 4) is 17.6 Å². The topological polar surface area (TPSA) is 65.8 Å². The summed E-state index contributed by atoms with van der Waals surface area (Å²) in [6.07, 6.45) is -2.85. The number of alkyl halides is 3. The molecule has 1 heterocycles. The van der Waals surface area contributed by atoms with Gasteiger partial charge in [0, 0.05) is 38.3 Å². The first-order valence-electron chi connectivity index (χ1n) is 10.7. The van der Waals surface area contributed by atoms with Crippen molar-refractivity contribution in [3.05, 3.63) is 53.6 Å². The van der Waals surface area contributed by atoms with Crippen LogP contribution in [0.5, 0.6) is 11.5 Å². The van der Waals surface area contributed by atoms with Gasteiger partial charge in [-0.05, 0) is 54.8 Å². The molecular formula is C24H26F3N3O3. The number of methoxy groups -OCH3 is 1. The monoisotopic (exact) mass is 461 g/mol. The van der Waals surface area contributed by atoms with E-state index in [0.717, 1.165) is 24.2 Å². The van der Waals surface area contributed by atoms with E-state index in [1.54, 1.807) is 24.3 Å². The van der Waals surface area contributed by atoms with Crippen LogP contribution in [0.15, 0.2) is 42.5 Å². The van der Waals surface area contributed by atoms with Gasteiger partial charge < -0.3 is 19.3 Å². The van der Waals surface area contributed by atoms with Gasteiger partial charge in [0.05, 0.1) is 18.7 Å². The molecule has 1 amide bonds. The number of anilines is 1. The molecular weight excluding hydrogens is 435 g/mol. The molecule has 9 heteroatoms. The first kappa shape index (κ1) is 24.2. The number of halogens is 3. The molecule has 6 nitrogen and oxygen atoms in total. The van der Waals surface area contributed by atoms with Crippen LogP contribution in [0.4, 0.5) is 18.9 Å². The number of nitrogens with zero attached hydrogens (tertiary/aromatic N) is 3. The molecule has 3 rings (SSSR count). The van der Waals surface area contributed by atoms with E-state index in [2.05, 4.69) is 11.0 Å². The molecule has 2 aromatic carbocycles. The number of hydrogen-bond acceptors (Lipinski definition) is 5. The van der Waals surface area contributed by atoms with Gasteiger partial charge in [0.25, 0.3) is 0 Å². The van der Waals surface area contributed by atoms with Crippen LogP contribution in [0.1, 0.15) is 24.0 Å². The minimum atomic E-state index is -4.43. The lowest BCUT2D eigenvalue weighted by molar-refractivity contribution is -0.153. The van der Waals surface area contributed by atoms with Gasteiger partial charge in [0.2, 0.25) is 5.91 Å². The SMILES string of the molecule is COc1cc(CCC(=O)N2CCCN(c3ccc(C#N)cc3)CC2)ccc1OCC(F)(F)F. The van der Waals surface area contributed by atoms with Gasteiger partial charge in [-0.3, -0.25) is 4.79 Å². The molecule has 0 radical (unpaired) electrons. The summed E-state index contributed by atoms with van der Waals surface area (Å²) in [6, 6.07) is 14.2. The van der Waals surface area contributed by atoms with E-state index in [1.807, 2.05) is 17.0 Å². The Morgan fingerprint density at radius 2 is 1.82 bits per heavy atom. The van der Waals surface area contributed by atoms with Crippen molar-refractivity contribution in [2.24, 2.45) is 0 Å². The number of carbonyl (C=O) groups excluding carboxylic acids is 1. The number of ether oxygens (including phenoxy) is 2. The van der Waals surface area contributed by atoms with Gasteiger partial charge in [-0.1, -0.05) is 6.07 Å². The molecule has 0 aliphatic carbocycles. The molecule has 0 N–H and O–H groups in total. The summed E-state index contributed by atoms with van der Waals surface area (Å²) >= 11 is 0. The summed E-state index contributed by atoms with van der Waals surface area (Å²) in [5, 5.41) is 8.95. The Bertz CT molecular complexity index is 987. The lowest BCUT2D eigenvalue weighted by Crippen LogP contribution is -2.35. The van der Waals surface area contributed by atoms with Crippen LogP contribution in [0.25, 0.3) is 0 Å². The second-order valence-corrected chi connectivity index (χ2v) is 7.77. The summed E-state index contributed by atoms with van der Waals surface area (Å²) in [7, 11) is 1.36. The van der Waals surface area contributed by atoms with Crippen LogP contribution in [0, 0.1) is 11.3 Å². The minimum Gasteiger partial charge on any atom is -0.493 e. The second-order valence-electron chi connectivity index (χ2n) is 7.77. The lowest BCUT2D eigenvalue weighted by atomic mass is 10.1. The molecule has 0 aromatic heterocycles. The molecule has 1 aliphatic heterocycles. The van der Waals surface area contributed by atoms with E-state index >= 15 is 0 Å². The number of nitriles is 1. The normalized spacial score (nSPS) is 14.4. The maximum Gasteiger partial charge on any atom is 0.422 e. The molecule has 1 aliphatic rings. The van der Waals surface area contributed by atoms with Crippen molar-refractivity contribution in [3.63, 3.8) is 0 Å². The number of hydrogen-bond donors (Lipinski definition) is 0. The standard InChI is InChI=1S/C24H26F3N3O3/c1-32-22-15-18(5-9-21(22)33-17-24(25,26)27)6-10-23(31)30-12-2-11-29(13-14-30)20-7-3-19(16-28)4-8-20/h3-5,7-9,15H,2,6,10-14,17H2,1H3. The zero-order valence-electron chi connectivity index (χ0n) is 18.4. The van der Waals surface area contributed by atoms with Gasteiger partial charge in [0.15, 0.2) is 18.1 Å². The molecule has 2 aromatic rings. The van der Waals surface area contributed by atoms with Gasteiger partial charge >= 0.3 is 6.18 Å². The highest BCUT2D eigenvalue weighted by Gasteiger charge is 2.29. The maximum atomic E-state index is 12.8. The Hall–Kier alpha value is -3.41. The molecule has 0 saturated carbocycles. The predicted molar refractivity (Wildman–Crippen MR) is 117 cm³/mol. The van der Waals surface area contributed by atoms with Crippen LogP contribution >= 0.6 is 0 Å². The summed E-state index contributed by atoms with van der Waals surface area (Å²) in [6.45, 7) is 1.41. The molecule has 0 bridgehead atoms. The minimum absolute atomic E-state index is 0.0142. The zero-order valence-corrected chi connectivity index (χ0v) is 18.4. The fraction of sp³-hybridized carbons (Fsp3) is 0.417. The highest BCUT2D eigenvalue weighted by Crippen LogP contribution is 2.30. The third-order valence-electron chi connectivity index (χ3n) is 5.46. The first-order valence-corrected chi connectivity index (χ1v) is 10.7. The fourth-order valence-corrected chi connectivity index (χ4v) is 3.73. The summed E-state index contributed by atoms with van der Waals surface area (Å²) in [5.74, 6) is 0.255. The van der Waals surface area contributed by atoms with Crippen molar-refractivity contribution in [1.82, 2.24) is 4.90 Å². The highest BCUT2D eigenvalue weighted by atomic mass is 19.4. The van der Waals surface area contributed by atoms with Crippen LogP contribution < -0.4 is 14.4 Å². The molecule has 0 spiro atoms. The Balaban J connectivity index is 1.53. The largest absolute Gasteiger partial charge is 0.493 e. The Kier molecular flexibility index (Phi) is 8.04. The smallest absolute Gasteiger partial charge is 0.422 e. The second kappa shape index (κ2) is 10.9. The van der Waals surface area contributed by atoms with E-state index in [9.17, 15) is 18.0 Å². The lowest BCUT2D eigenvalue weighted by Gasteiger charge is -2.24. The number of aryl methyl sites for hydroxylation is 1. The van der Waals surface area contributed by atoms with Crippen LogP contribution in [0.2, 0.25) is 0 Å². The summed E-state index contributed by atoms with van der Waals surface area (Å²) < 4.78 is 47.1. The molecule has 176 valence electrons. The number of amides is 1. The van der Waals surface area contributed by atoms with Crippen molar-refractivity contribution >= 4 is 11.6 Å². The van der Waals surface area contributed by atoms with Crippen molar-refractivity contribution in [2.75, 3.05) is 44.8 Å². The summed E-state index contributed by atoms with van der Waals surface area (Å²) in [4.78, 5) is 16.8. The summed E-state index contributed by atoms with van der Waals surface area (Å²) in [5.41, 5.74) is 2.43. The van der Waals surface area contributed by atoms with Crippen molar-refractivity contribution in [1.29, 1.82) is 5.26 Å². The van der Waals surface area contributed by atoms with E-state index in [1.165, 1.54) is 13.2 Å². The van der Waals surface area contributed by atoms with Gasteiger partial charge in [-0.15, -0.1) is 0 Å². The fourth-order valence-electron chi connectivity index (χ4n) is 3.73. The predicted octanol–water partition coefficient (Wildman–Crippen LogP) is 4.18. The number of benzene rings is 2. The van der Waals surface area contributed by atoms with Crippen molar-refractivity contribution in [2.45, 2.75) is 25.4 Å². The van der Waals surface area contributed by atoms with Gasteiger partial charge in [-0.2, -0.15) is 18.4 Å². The van der Waals surface area contributed by atoms with E-state index in [4.69, 9.17) is 14.7 Å². The molecule has 1 fully saturated rings. The highest BCUT2D eigenvalue weighted by molar-refractivity contribution is 5.76. The van der Waals surface area contributed by atoms with Crippen LogP contribution in [-0.2, 0) is 11.2 Å². The Morgan fingerprint density at radius 3 is 2.48 bits per heavy atom. The maximum absolute atomic E-state index is 12.8. The first-order chi connectivity index (χ1) is 15.8. The third kappa shape index (κ3) is 7.04. The van der Waals surface area contributed by atoms with Crippen molar-refractivity contribution < 1.29 is 27.4 Å². The van der Waals surface area contributed by atoms with Gasteiger partial charge in [-0.25, -0.2) is 0 Å². The Morgan fingerprint density at radius 1 is 1.06 bits per heavy atom. The van der Waals surface area contributed by atoms with E-state index in [-0.39, 0.29) is 17.4 Å². The molecule has 0 unspecified atom stereocenters. The molecule has 33 heavy (non-hydrogen) atoms. The molecule has 1 saturated heterocycles. The average molecular weight is 461 g/mol. The Labute approximate surface area is 191 Å². The quantitative estimate of drug-likeness (QED) is 0.619. The molecule has 0 atom stereocenters. The van der Waals surface area contributed by atoms with Gasteiger partial charge in [0.1, 0.15) is 0 Å².